The highest BCUT2D eigenvalue weighted by atomic mass is 32.1. The van der Waals surface area contributed by atoms with Crippen molar-refractivity contribution in [3.8, 4) is 0 Å². The Morgan fingerprint density at radius 2 is 2.35 bits per heavy atom. The molecule has 0 saturated carbocycles. The first-order valence-corrected chi connectivity index (χ1v) is 7.15. The number of nitrogens with zero attached hydrogens (tertiary/aromatic N) is 1. The van der Waals surface area contributed by atoms with E-state index in [-0.39, 0.29) is 11.8 Å². The molecule has 1 aromatic rings. The van der Waals surface area contributed by atoms with Gasteiger partial charge < -0.3 is 10.6 Å². The zero-order valence-electron chi connectivity index (χ0n) is 9.79. The highest BCUT2D eigenvalue weighted by Crippen LogP contribution is 2.30. The number of fused-ring (bicyclic) bond motifs is 1. The number of nitrogens with one attached hydrogen (secondary N) is 2. The molecule has 2 N–H and O–H groups in total. The number of anilines is 1. The number of aromatic nitrogens is 1. The van der Waals surface area contributed by atoms with Crippen LogP contribution in [0.2, 0.25) is 0 Å². The molecule has 1 aromatic heterocycles. The van der Waals surface area contributed by atoms with Gasteiger partial charge in [-0.1, -0.05) is 0 Å². The minimum atomic E-state index is 0.113. The number of hydrogen-bond acceptors (Lipinski definition) is 4. The topological polar surface area (TPSA) is 54.0 Å². The number of piperidine rings is 1. The molecule has 0 bridgehead atoms. The Bertz CT molecular complexity index is 402. The Morgan fingerprint density at radius 1 is 1.41 bits per heavy atom. The van der Waals surface area contributed by atoms with E-state index in [0.717, 1.165) is 43.9 Å². The number of aryl methyl sites for hydroxylation is 2. The number of amides is 1. The molecule has 17 heavy (non-hydrogen) atoms. The van der Waals surface area contributed by atoms with Crippen molar-refractivity contribution in [2.24, 2.45) is 5.92 Å². The van der Waals surface area contributed by atoms with Gasteiger partial charge in [-0.05, 0) is 38.6 Å². The van der Waals surface area contributed by atoms with Crippen molar-refractivity contribution in [1.82, 2.24) is 10.3 Å². The second-order valence-corrected chi connectivity index (χ2v) is 5.86. The molecule has 4 nitrogen and oxygen atoms in total. The molecule has 5 heteroatoms. The van der Waals surface area contributed by atoms with Crippen LogP contribution in [0.5, 0.6) is 0 Å². The van der Waals surface area contributed by atoms with E-state index in [1.807, 2.05) is 0 Å². The molecule has 1 atom stereocenters. The highest BCUT2D eigenvalue weighted by molar-refractivity contribution is 7.15. The Morgan fingerprint density at radius 3 is 3.12 bits per heavy atom. The molecule has 1 fully saturated rings. The summed E-state index contributed by atoms with van der Waals surface area (Å²) >= 11 is 1.65. The van der Waals surface area contributed by atoms with Crippen LogP contribution < -0.4 is 10.6 Å². The van der Waals surface area contributed by atoms with E-state index in [0.29, 0.717) is 0 Å². The molecule has 1 aliphatic heterocycles. The molecule has 0 aromatic carbocycles. The van der Waals surface area contributed by atoms with Crippen LogP contribution in [0.25, 0.3) is 0 Å². The fraction of sp³-hybridized carbons (Fsp3) is 0.667. The van der Waals surface area contributed by atoms with Crippen LogP contribution in [0.15, 0.2) is 0 Å². The van der Waals surface area contributed by atoms with E-state index >= 15 is 0 Å². The number of carbonyl (C=O) groups excluding carboxylic acids is 1. The fourth-order valence-corrected chi connectivity index (χ4v) is 3.58. The predicted molar refractivity (Wildman–Crippen MR) is 68.4 cm³/mol. The molecular formula is C12H17N3OS. The molecule has 2 aliphatic rings. The summed E-state index contributed by atoms with van der Waals surface area (Å²) in [5.74, 6) is 0.243. The lowest BCUT2D eigenvalue weighted by Crippen LogP contribution is -2.37. The average molecular weight is 251 g/mol. The predicted octanol–water partition coefficient (Wildman–Crippen LogP) is 1.57. The molecular weight excluding hydrogens is 234 g/mol. The summed E-state index contributed by atoms with van der Waals surface area (Å²) in [6, 6.07) is 0. The number of hydrogen-bond donors (Lipinski definition) is 2. The van der Waals surface area contributed by atoms with Gasteiger partial charge in [0, 0.05) is 11.4 Å². The van der Waals surface area contributed by atoms with Crippen LogP contribution in [0.4, 0.5) is 5.13 Å². The van der Waals surface area contributed by atoms with Crippen molar-refractivity contribution in [3.05, 3.63) is 10.6 Å². The monoisotopic (exact) mass is 251 g/mol. The third kappa shape index (κ3) is 2.35. The number of thiazole rings is 1. The first kappa shape index (κ1) is 11.2. The SMILES string of the molecule is O=C(Nc1nc2c(s1)CCC2)C1CCCNC1. The quantitative estimate of drug-likeness (QED) is 0.839. The van der Waals surface area contributed by atoms with Crippen LogP contribution in [0, 0.1) is 5.92 Å². The Balaban J connectivity index is 1.63. The molecule has 2 heterocycles. The minimum Gasteiger partial charge on any atom is -0.316 e. The standard InChI is InChI=1S/C12H17N3OS/c16-11(8-3-2-6-13-7-8)15-12-14-9-4-1-5-10(9)17-12/h8,13H,1-7H2,(H,14,15,16). The van der Waals surface area contributed by atoms with Crippen molar-refractivity contribution in [1.29, 1.82) is 0 Å². The normalized spacial score (nSPS) is 23.4. The van der Waals surface area contributed by atoms with Gasteiger partial charge in [0.05, 0.1) is 11.6 Å². The van der Waals surface area contributed by atoms with Crippen LogP contribution in [-0.2, 0) is 17.6 Å². The third-order valence-electron chi connectivity index (χ3n) is 3.49. The van der Waals surface area contributed by atoms with Crippen molar-refractivity contribution < 1.29 is 4.79 Å². The Kier molecular flexibility index (Phi) is 3.11. The maximum Gasteiger partial charge on any atom is 0.230 e. The van der Waals surface area contributed by atoms with Gasteiger partial charge in [-0.15, -0.1) is 11.3 Å². The van der Waals surface area contributed by atoms with Crippen LogP contribution >= 0.6 is 11.3 Å². The van der Waals surface area contributed by atoms with Gasteiger partial charge >= 0.3 is 0 Å². The minimum absolute atomic E-state index is 0.113. The summed E-state index contributed by atoms with van der Waals surface area (Å²) < 4.78 is 0. The van der Waals surface area contributed by atoms with Crippen LogP contribution in [0.3, 0.4) is 0 Å². The molecule has 1 aliphatic carbocycles. The lowest BCUT2D eigenvalue weighted by atomic mass is 9.99. The maximum absolute atomic E-state index is 12.0. The van der Waals surface area contributed by atoms with E-state index in [9.17, 15) is 4.79 Å². The van der Waals surface area contributed by atoms with Gasteiger partial charge in [0.15, 0.2) is 5.13 Å². The van der Waals surface area contributed by atoms with Crippen molar-refractivity contribution in [2.45, 2.75) is 32.1 Å². The lowest BCUT2D eigenvalue weighted by molar-refractivity contribution is -0.120. The maximum atomic E-state index is 12.0. The lowest BCUT2D eigenvalue weighted by Gasteiger charge is -2.21. The largest absolute Gasteiger partial charge is 0.316 e. The molecule has 92 valence electrons. The van der Waals surface area contributed by atoms with Gasteiger partial charge in [0.2, 0.25) is 5.91 Å². The molecule has 0 spiro atoms. The summed E-state index contributed by atoms with van der Waals surface area (Å²) in [4.78, 5) is 17.9. The molecule has 1 saturated heterocycles. The van der Waals surface area contributed by atoms with Crippen molar-refractivity contribution in [3.63, 3.8) is 0 Å². The van der Waals surface area contributed by atoms with Gasteiger partial charge in [-0.2, -0.15) is 0 Å². The Labute approximate surface area is 105 Å². The van der Waals surface area contributed by atoms with E-state index in [1.165, 1.54) is 17.0 Å². The molecule has 1 unspecified atom stereocenters. The summed E-state index contributed by atoms with van der Waals surface area (Å²) in [5.41, 5.74) is 1.20. The summed E-state index contributed by atoms with van der Waals surface area (Å²) in [7, 11) is 0. The summed E-state index contributed by atoms with van der Waals surface area (Å²) in [5, 5.41) is 7.03. The van der Waals surface area contributed by atoms with Crippen molar-refractivity contribution in [2.75, 3.05) is 18.4 Å². The average Bonchev–Trinajstić information content (AvgIpc) is 2.90. The van der Waals surface area contributed by atoms with Crippen LogP contribution in [0.1, 0.15) is 29.8 Å². The number of carbonyl (C=O) groups is 1. The second kappa shape index (κ2) is 4.74. The molecule has 1 amide bonds. The highest BCUT2D eigenvalue weighted by Gasteiger charge is 2.23. The Hall–Kier alpha value is -0.940. The smallest absolute Gasteiger partial charge is 0.230 e. The van der Waals surface area contributed by atoms with Gasteiger partial charge in [-0.3, -0.25) is 4.79 Å². The van der Waals surface area contributed by atoms with E-state index in [1.54, 1.807) is 11.3 Å². The molecule has 3 rings (SSSR count). The first-order valence-electron chi connectivity index (χ1n) is 6.33. The number of rotatable bonds is 2. The van der Waals surface area contributed by atoms with Gasteiger partial charge in [-0.25, -0.2) is 4.98 Å². The fourth-order valence-electron chi connectivity index (χ4n) is 2.53. The van der Waals surface area contributed by atoms with Gasteiger partial charge in [0.25, 0.3) is 0 Å². The molecule has 0 radical (unpaired) electrons. The van der Waals surface area contributed by atoms with Gasteiger partial charge in [0.1, 0.15) is 0 Å². The summed E-state index contributed by atoms with van der Waals surface area (Å²) in [6.07, 6.45) is 5.51. The first-order chi connectivity index (χ1) is 8.33. The van der Waals surface area contributed by atoms with Crippen LogP contribution in [-0.4, -0.2) is 24.0 Å². The van der Waals surface area contributed by atoms with E-state index in [4.69, 9.17) is 0 Å². The van der Waals surface area contributed by atoms with E-state index in [2.05, 4.69) is 15.6 Å². The van der Waals surface area contributed by atoms with Crippen molar-refractivity contribution >= 4 is 22.4 Å². The second-order valence-electron chi connectivity index (χ2n) is 4.77. The summed E-state index contributed by atoms with van der Waals surface area (Å²) in [6.45, 7) is 1.84. The zero-order chi connectivity index (χ0) is 11.7. The third-order valence-corrected chi connectivity index (χ3v) is 4.57. The van der Waals surface area contributed by atoms with E-state index < -0.39 is 0 Å². The zero-order valence-corrected chi connectivity index (χ0v) is 10.6.